The van der Waals surface area contributed by atoms with E-state index < -0.39 is 0 Å². The maximum Gasteiger partial charge on any atom is 0.108 e. The molecule has 0 aliphatic rings. The summed E-state index contributed by atoms with van der Waals surface area (Å²) in [5.74, 6) is 0. The van der Waals surface area contributed by atoms with Crippen molar-refractivity contribution in [2.45, 2.75) is 26.9 Å². The average molecular weight is 288 g/mol. The van der Waals surface area contributed by atoms with Crippen LogP contribution in [0.25, 0.3) is 10.2 Å². The average Bonchev–Trinajstić information content (AvgIpc) is 2.93. The molecule has 3 rings (SSSR count). The van der Waals surface area contributed by atoms with Crippen molar-refractivity contribution in [2.24, 2.45) is 0 Å². The van der Waals surface area contributed by atoms with Crippen molar-refractivity contribution in [1.29, 1.82) is 0 Å². The summed E-state index contributed by atoms with van der Waals surface area (Å²) in [6, 6.07) is 10.6. The van der Waals surface area contributed by atoms with Crippen molar-refractivity contribution < 1.29 is 0 Å². The van der Waals surface area contributed by atoms with Crippen molar-refractivity contribution in [3.8, 4) is 0 Å². The molecule has 1 N–H and O–H groups in total. The van der Waals surface area contributed by atoms with E-state index in [9.17, 15) is 0 Å². The first-order chi connectivity index (χ1) is 9.22. The molecule has 0 aliphatic heterocycles. The summed E-state index contributed by atoms with van der Waals surface area (Å²) in [5.41, 5.74) is 2.49. The van der Waals surface area contributed by atoms with E-state index in [0.29, 0.717) is 0 Å². The maximum absolute atomic E-state index is 4.63. The van der Waals surface area contributed by atoms with Gasteiger partial charge < -0.3 is 5.32 Å². The van der Waals surface area contributed by atoms with Crippen LogP contribution in [-0.2, 0) is 13.1 Å². The zero-order chi connectivity index (χ0) is 13.2. The summed E-state index contributed by atoms with van der Waals surface area (Å²) in [4.78, 5) is 7.44. The van der Waals surface area contributed by atoms with Crippen LogP contribution in [0, 0.1) is 13.8 Å². The summed E-state index contributed by atoms with van der Waals surface area (Å²) < 4.78 is 1.27. The molecule has 0 atom stereocenters. The molecule has 1 aromatic carbocycles. The molecule has 19 heavy (non-hydrogen) atoms. The molecule has 0 spiro atoms. The van der Waals surface area contributed by atoms with Gasteiger partial charge in [0, 0.05) is 22.8 Å². The first-order valence-electron chi connectivity index (χ1n) is 6.33. The molecule has 0 aliphatic carbocycles. The van der Waals surface area contributed by atoms with Gasteiger partial charge in [0.05, 0.1) is 10.2 Å². The molecule has 0 saturated carbocycles. The van der Waals surface area contributed by atoms with Gasteiger partial charge in [-0.25, -0.2) is 4.98 Å². The van der Waals surface area contributed by atoms with Crippen LogP contribution in [0.5, 0.6) is 0 Å². The van der Waals surface area contributed by atoms with E-state index in [1.165, 1.54) is 20.0 Å². The Hall–Kier alpha value is -1.23. The number of para-hydroxylation sites is 1. The van der Waals surface area contributed by atoms with E-state index in [0.717, 1.165) is 23.6 Å². The summed E-state index contributed by atoms with van der Waals surface area (Å²) in [7, 11) is 0. The Morgan fingerprint density at radius 1 is 1.11 bits per heavy atom. The van der Waals surface area contributed by atoms with Crippen LogP contribution in [0.4, 0.5) is 0 Å². The second-order valence-electron chi connectivity index (χ2n) is 4.63. The van der Waals surface area contributed by atoms with E-state index in [4.69, 9.17) is 0 Å². The molecule has 0 unspecified atom stereocenters. The first kappa shape index (κ1) is 12.8. The van der Waals surface area contributed by atoms with E-state index in [1.54, 1.807) is 11.3 Å². The molecule has 4 heteroatoms. The second-order valence-corrected chi connectivity index (χ2v) is 7.09. The van der Waals surface area contributed by atoms with Crippen LogP contribution in [0.2, 0.25) is 0 Å². The zero-order valence-electron chi connectivity index (χ0n) is 11.1. The zero-order valence-corrected chi connectivity index (χ0v) is 12.7. The minimum Gasteiger partial charge on any atom is -0.306 e. The quantitative estimate of drug-likeness (QED) is 0.775. The highest BCUT2D eigenvalue weighted by molar-refractivity contribution is 7.18. The lowest BCUT2D eigenvalue weighted by Gasteiger charge is -1.99. The number of thiophene rings is 1. The molecule has 2 heterocycles. The number of benzene rings is 1. The van der Waals surface area contributed by atoms with Crippen LogP contribution in [0.15, 0.2) is 30.3 Å². The molecular weight excluding hydrogens is 272 g/mol. The molecule has 98 valence electrons. The molecule has 2 aromatic heterocycles. The maximum atomic E-state index is 4.63. The number of hydrogen-bond donors (Lipinski definition) is 1. The molecule has 0 saturated heterocycles. The van der Waals surface area contributed by atoms with Crippen molar-refractivity contribution in [3.63, 3.8) is 0 Å². The lowest BCUT2D eigenvalue weighted by atomic mass is 10.3. The van der Waals surface area contributed by atoms with Gasteiger partial charge in [-0.3, -0.25) is 0 Å². The van der Waals surface area contributed by atoms with Gasteiger partial charge in [-0.1, -0.05) is 12.1 Å². The number of aromatic nitrogens is 1. The van der Waals surface area contributed by atoms with Crippen molar-refractivity contribution in [3.05, 3.63) is 50.7 Å². The topological polar surface area (TPSA) is 24.9 Å². The Morgan fingerprint density at radius 3 is 2.68 bits per heavy atom. The molecule has 0 radical (unpaired) electrons. The Morgan fingerprint density at radius 2 is 1.95 bits per heavy atom. The van der Waals surface area contributed by atoms with Crippen LogP contribution in [-0.4, -0.2) is 4.98 Å². The van der Waals surface area contributed by atoms with Crippen molar-refractivity contribution >= 4 is 32.9 Å². The van der Waals surface area contributed by atoms with Gasteiger partial charge in [0.15, 0.2) is 0 Å². The van der Waals surface area contributed by atoms with Gasteiger partial charge in [-0.05, 0) is 37.6 Å². The second kappa shape index (κ2) is 5.41. The van der Waals surface area contributed by atoms with E-state index in [1.807, 2.05) is 17.4 Å². The predicted molar refractivity (Wildman–Crippen MR) is 84.0 cm³/mol. The SMILES string of the molecule is Cc1cc(CNCc2nc3ccccc3s2)sc1C. The first-order valence-corrected chi connectivity index (χ1v) is 7.97. The van der Waals surface area contributed by atoms with Crippen LogP contribution in [0.3, 0.4) is 0 Å². The molecule has 3 aromatic rings. The molecule has 0 amide bonds. The van der Waals surface area contributed by atoms with Crippen molar-refractivity contribution in [1.82, 2.24) is 10.3 Å². The lowest BCUT2D eigenvalue weighted by Crippen LogP contribution is -2.11. The van der Waals surface area contributed by atoms with Gasteiger partial charge in [0.2, 0.25) is 0 Å². The minimum atomic E-state index is 0.843. The number of thiazole rings is 1. The lowest BCUT2D eigenvalue weighted by molar-refractivity contribution is 0.698. The largest absolute Gasteiger partial charge is 0.306 e. The van der Waals surface area contributed by atoms with E-state index in [-0.39, 0.29) is 0 Å². The fraction of sp³-hybridized carbons (Fsp3) is 0.267. The Balaban J connectivity index is 1.63. The van der Waals surface area contributed by atoms with Gasteiger partial charge >= 0.3 is 0 Å². The number of nitrogens with zero attached hydrogens (tertiary/aromatic N) is 1. The smallest absolute Gasteiger partial charge is 0.108 e. The highest BCUT2D eigenvalue weighted by Gasteiger charge is 2.04. The molecular formula is C15H16N2S2. The summed E-state index contributed by atoms with van der Waals surface area (Å²) in [6.45, 7) is 6.12. The summed E-state index contributed by atoms with van der Waals surface area (Å²) in [5, 5.41) is 4.64. The minimum absolute atomic E-state index is 0.843. The Bertz CT molecular complexity index is 645. The number of rotatable bonds is 4. The van der Waals surface area contributed by atoms with Crippen LogP contribution in [0.1, 0.15) is 20.3 Å². The standard InChI is InChI=1S/C15H16N2S2/c1-10-7-12(18-11(10)2)8-16-9-15-17-13-5-3-4-6-14(13)19-15/h3-7,16H,8-9H2,1-2H3. The third-order valence-electron chi connectivity index (χ3n) is 3.13. The highest BCUT2D eigenvalue weighted by Crippen LogP contribution is 2.22. The summed E-state index contributed by atoms with van der Waals surface area (Å²) >= 11 is 3.65. The predicted octanol–water partition coefficient (Wildman–Crippen LogP) is 4.26. The number of hydrogen-bond acceptors (Lipinski definition) is 4. The van der Waals surface area contributed by atoms with Crippen LogP contribution >= 0.6 is 22.7 Å². The molecule has 0 fully saturated rings. The van der Waals surface area contributed by atoms with Crippen molar-refractivity contribution in [2.75, 3.05) is 0 Å². The number of nitrogens with one attached hydrogen (secondary N) is 1. The fourth-order valence-electron chi connectivity index (χ4n) is 2.03. The number of fused-ring (bicyclic) bond motifs is 1. The van der Waals surface area contributed by atoms with Gasteiger partial charge in [0.1, 0.15) is 5.01 Å². The fourth-order valence-corrected chi connectivity index (χ4v) is 3.99. The summed E-state index contributed by atoms with van der Waals surface area (Å²) in [6.07, 6.45) is 0. The molecule has 0 bridgehead atoms. The van der Waals surface area contributed by atoms with Gasteiger partial charge in [0.25, 0.3) is 0 Å². The number of aryl methyl sites for hydroxylation is 2. The van der Waals surface area contributed by atoms with Gasteiger partial charge in [-0.15, -0.1) is 22.7 Å². The van der Waals surface area contributed by atoms with E-state index in [2.05, 4.69) is 48.4 Å². The third kappa shape index (κ3) is 2.86. The van der Waals surface area contributed by atoms with E-state index >= 15 is 0 Å². The van der Waals surface area contributed by atoms with Gasteiger partial charge in [-0.2, -0.15) is 0 Å². The Kier molecular flexibility index (Phi) is 3.64. The third-order valence-corrected chi connectivity index (χ3v) is 5.32. The molecule has 2 nitrogen and oxygen atoms in total. The highest BCUT2D eigenvalue weighted by atomic mass is 32.1. The normalized spacial score (nSPS) is 11.3. The Labute approximate surface area is 121 Å². The monoisotopic (exact) mass is 288 g/mol. The van der Waals surface area contributed by atoms with Crippen LogP contribution < -0.4 is 5.32 Å².